The molecule has 2 aliphatic heterocycles. The second-order valence-corrected chi connectivity index (χ2v) is 6.45. The van der Waals surface area contributed by atoms with E-state index in [1.807, 2.05) is 23.1 Å². The fourth-order valence-corrected chi connectivity index (χ4v) is 3.20. The van der Waals surface area contributed by atoms with Gasteiger partial charge in [0.1, 0.15) is 5.52 Å². The Bertz CT molecular complexity index is 898. The van der Waals surface area contributed by atoms with E-state index in [4.69, 9.17) is 9.15 Å². The number of oxazole rings is 1. The van der Waals surface area contributed by atoms with Crippen molar-refractivity contribution >= 4 is 34.8 Å². The third-order valence-corrected chi connectivity index (χ3v) is 4.69. The van der Waals surface area contributed by atoms with Crippen molar-refractivity contribution in [2.45, 2.75) is 19.8 Å². The van der Waals surface area contributed by atoms with Crippen LogP contribution in [-0.2, 0) is 9.53 Å². The maximum Gasteiger partial charge on any atom is 0.409 e. The summed E-state index contributed by atoms with van der Waals surface area (Å²) in [6.45, 7) is 4.59. The van der Waals surface area contributed by atoms with E-state index in [1.54, 1.807) is 11.8 Å². The Morgan fingerprint density at radius 2 is 2.07 bits per heavy atom. The van der Waals surface area contributed by atoms with Crippen LogP contribution in [0.1, 0.15) is 25.3 Å². The molecule has 0 spiro atoms. The molecule has 1 fully saturated rings. The lowest BCUT2D eigenvalue weighted by Gasteiger charge is -2.32. The number of hydrazone groups is 1. The summed E-state index contributed by atoms with van der Waals surface area (Å²) in [4.78, 5) is 31.3. The van der Waals surface area contributed by atoms with Gasteiger partial charge in [-0.25, -0.2) is 10.2 Å². The van der Waals surface area contributed by atoms with Crippen molar-refractivity contribution in [3.63, 3.8) is 0 Å². The topological polar surface area (TPSA) is 100 Å². The molecular formula is C18H21N5O4. The van der Waals surface area contributed by atoms with Gasteiger partial charge >= 0.3 is 6.09 Å². The highest BCUT2D eigenvalue weighted by Crippen LogP contribution is 2.25. The predicted molar refractivity (Wildman–Crippen MR) is 98.7 cm³/mol. The van der Waals surface area contributed by atoms with Gasteiger partial charge in [-0.05, 0) is 19.1 Å². The van der Waals surface area contributed by atoms with Crippen LogP contribution in [0.25, 0.3) is 11.1 Å². The van der Waals surface area contributed by atoms with Crippen LogP contribution >= 0.6 is 0 Å². The van der Waals surface area contributed by atoms with E-state index in [-0.39, 0.29) is 12.0 Å². The predicted octanol–water partition coefficient (Wildman–Crippen LogP) is 1.72. The third kappa shape index (κ3) is 3.57. The van der Waals surface area contributed by atoms with Crippen molar-refractivity contribution in [3.05, 3.63) is 23.8 Å². The first kappa shape index (κ1) is 17.3. The van der Waals surface area contributed by atoms with Crippen molar-refractivity contribution < 1.29 is 18.7 Å². The van der Waals surface area contributed by atoms with Gasteiger partial charge in [0.05, 0.1) is 12.3 Å². The van der Waals surface area contributed by atoms with Crippen molar-refractivity contribution in [2.75, 3.05) is 37.7 Å². The van der Waals surface area contributed by atoms with Gasteiger partial charge < -0.3 is 19.0 Å². The molecule has 0 radical (unpaired) electrons. The summed E-state index contributed by atoms with van der Waals surface area (Å²) in [7, 11) is 0. The van der Waals surface area contributed by atoms with E-state index >= 15 is 0 Å². The Kier molecular flexibility index (Phi) is 4.66. The van der Waals surface area contributed by atoms with Crippen LogP contribution in [0.4, 0.5) is 10.8 Å². The molecule has 9 nitrogen and oxygen atoms in total. The van der Waals surface area contributed by atoms with Gasteiger partial charge in [0.25, 0.3) is 6.01 Å². The van der Waals surface area contributed by atoms with E-state index in [9.17, 15) is 9.59 Å². The minimum atomic E-state index is -0.278. The molecule has 3 heterocycles. The van der Waals surface area contributed by atoms with Crippen molar-refractivity contribution in [1.29, 1.82) is 0 Å². The summed E-state index contributed by atoms with van der Waals surface area (Å²) < 4.78 is 11.0. The van der Waals surface area contributed by atoms with Crippen molar-refractivity contribution in [1.82, 2.24) is 15.3 Å². The third-order valence-electron chi connectivity index (χ3n) is 4.69. The maximum atomic E-state index is 11.8. The first-order valence-corrected chi connectivity index (χ1v) is 9.07. The quantitative estimate of drug-likeness (QED) is 0.882. The van der Waals surface area contributed by atoms with Gasteiger partial charge in [0, 0.05) is 44.6 Å². The lowest BCUT2D eigenvalue weighted by Crippen LogP contribution is -2.49. The molecule has 1 aromatic heterocycles. The zero-order valence-corrected chi connectivity index (χ0v) is 15.1. The second-order valence-electron chi connectivity index (χ2n) is 6.45. The van der Waals surface area contributed by atoms with Crippen molar-refractivity contribution in [2.24, 2.45) is 5.10 Å². The van der Waals surface area contributed by atoms with Crippen molar-refractivity contribution in [3.8, 4) is 0 Å². The summed E-state index contributed by atoms with van der Waals surface area (Å²) >= 11 is 0. The Labute approximate surface area is 156 Å². The van der Waals surface area contributed by atoms with Crippen LogP contribution in [0.2, 0.25) is 0 Å². The van der Waals surface area contributed by atoms with Gasteiger partial charge in [0.2, 0.25) is 5.91 Å². The number of rotatable bonds is 3. The minimum absolute atomic E-state index is 0.0660. The number of nitrogens with one attached hydrogen (secondary N) is 1. The Morgan fingerprint density at radius 1 is 1.26 bits per heavy atom. The number of aromatic nitrogens is 1. The number of benzene rings is 1. The van der Waals surface area contributed by atoms with Crippen LogP contribution in [0.15, 0.2) is 27.7 Å². The Balaban J connectivity index is 1.48. The highest BCUT2D eigenvalue weighted by Gasteiger charge is 2.25. The lowest BCUT2D eigenvalue weighted by atomic mass is 10.0. The number of nitrogens with zero attached hydrogens (tertiary/aromatic N) is 4. The molecule has 27 heavy (non-hydrogen) atoms. The summed E-state index contributed by atoms with van der Waals surface area (Å²) in [5, 5.41) is 4.12. The molecule has 0 bridgehead atoms. The molecule has 0 aliphatic carbocycles. The molecule has 9 heteroatoms. The summed E-state index contributed by atoms with van der Waals surface area (Å²) in [6.07, 6.45) is 0.761. The zero-order valence-electron chi connectivity index (χ0n) is 15.1. The smallest absolute Gasteiger partial charge is 0.409 e. The number of carbonyl (C=O) groups excluding carboxylic acids is 2. The molecule has 2 amide bonds. The molecule has 2 aliphatic rings. The fourth-order valence-electron chi connectivity index (χ4n) is 3.20. The van der Waals surface area contributed by atoms with Crippen LogP contribution in [0.5, 0.6) is 0 Å². The zero-order chi connectivity index (χ0) is 18.8. The lowest BCUT2D eigenvalue weighted by molar-refractivity contribution is -0.121. The van der Waals surface area contributed by atoms with Gasteiger partial charge in [-0.2, -0.15) is 10.1 Å². The average Bonchev–Trinajstić information content (AvgIpc) is 3.12. The molecule has 142 valence electrons. The molecular weight excluding hydrogens is 350 g/mol. The molecule has 4 rings (SSSR count). The largest absolute Gasteiger partial charge is 0.450 e. The summed E-state index contributed by atoms with van der Waals surface area (Å²) in [5.74, 6) is -0.0660. The van der Waals surface area contributed by atoms with Gasteiger partial charge in [-0.3, -0.25) is 4.79 Å². The molecule has 0 saturated carbocycles. The molecule has 2 aromatic rings. The average molecular weight is 371 g/mol. The highest BCUT2D eigenvalue weighted by atomic mass is 16.6. The van der Waals surface area contributed by atoms with Gasteiger partial charge in [0.15, 0.2) is 5.58 Å². The number of hydrogen-bond donors (Lipinski definition) is 1. The van der Waals surface area contributed by atoms with E-state index in [0.29, 0.717) is 57.2 Å². The van der Waals surface area contributed by atoms with E-state index < -0.39 is 0 Å². The molecule has 0 unspecified atom stereocenters. The monoisotopic (exact) mass is 371 g/mol. The highest BCUT2D eigenvalue weighted by molar-refractivity contribution is 6.05. The summed E-state index contributed by atoms with van der Waals surface area (Å²) in [5.41, 5.74) is 5.70. The number of amides is 2. The van der Waals surface area contributed by atoms with E-state index in [1.165, 1.54) is 0 Å². The molecule has 0 atom stereocenters. The number of ether oxygens (including phenoxy) is 1. The molecule has 1 saturated heterocycles. The van der Waals surface area contributed by atoms with Gasteiger partial charge in [-0.15, -0.1) is 0 Å². The Hall–Kier alpha value is -3.10. The van der Waals surface area contributed by atoms with Gasteiger partial charge in [-0.1, -0.05) is 6.07 Å². The number of fused-ring (bicyclic) bond motifs is 1. The van der Waals surface area contributed by atoms with Crippen LogP contribution in [0, 0.1) is 0 Å². The maximum absolute atomic E-state index is 11.8. The normalized spacial score (nSPS) is 17.7. The number of anilines is 1. The number of piperazine rings is 1. The van der Waals surface area contributed by atoms with Crippen LogP contribution < -0.4 is 10.3 Å². The standard InChI is InChI=1S/C18H21N5O4/c1-2-26-18(25)23-9-7-22(8-10-23)17-19-14-4-3-12(11-15(14)27-17)13-5-6-16(24)21-20-13/h3-4,11H,2,5-10H2,1H3,(H,21,24). The van der Waals surface area contributed by atoms with E-state index in [0.717, 1.165) is 16.8 Å². The number of hydrogen-bond acceptors (Lipinski definition) is 7. The van der Waals surface area contributed by atoms with Crippen LogP contribution in [-0.4, -0.2) is 60.4 Å². The SMILES string of the molecule is CCOC(=O)N1CCN(c2nc3ccc(C4=NNC(=O)CC4)cc3o2)CC1. The second kappa shape index (κ2) is 7.26. The molecule has 1 N–H and O–H groups in total. The number of carbonyl (C=O) groups is 2. The summed E-state index contributed by atoms with van der Waals surface area (Å²) in [6, 6.07) is 6.27. The van der Waals surface area contributed by atoms with E-state index in [2.05, 4.69) is 15.5 Å². The molecule has 1 aromatic carbocycles. The first-order valence-electron chi connectivity index (χ1n) is 9.07. The fraction of sp³-hybridized carbons (Fsp3) is 0.444. The minimum Gasteiger partial charge on any atom is -0.450 e. The Morgan fingerprint density at radius 3 is 2.78 bits per heavy atom. The van der Waals surface area contributed by atoms with Crippen LogP contribution in [0.3, 0.4) is 0 Å². The first-order chi connectivity index (χ1) is 13.1.